The van der Waals surface area contributed by atoms with Crippen LogP contribution in [0, 0.1) is 18.8 Å². The smallest absolute Gasteiger partial charge is 0.248 e. The van der Waals surface area contributed by atoms with Crippen LogP contribution in [-0.4, -0.2) is 67.2 Å². The maximum Gasteiger partial charge on any atom is 0.248 e. The highest BCUT2D eigenvalue weighted by Gasteiger charge is 2.37. The molecule has 23 heavy (non-hydrogen) atoms. The second-order valence-electron chi connectivity index (χ2n) is 6.73. The van der Waals surface area contributed by atoms with Gasteiger partial charge in [0.25, 0.3) is 0 Å². The van der Waals surface area contributed by atoms with Gasteiger partial charge in [0, 0.05) is 26.2 Å². The van der Waals surface area contributed by atoms with Gasteiger partial charge in [0.15, 0.2) is 5.76 Å². The van der Waals surface area contributed by atoms with Crippen molar-refractivity contribution in [3.05, 3.63) is 12.0 Å². The van der Waals surface area contributed by atoms with E-state index in [0.717, 1.165) is 26.1 Å². The van der Waals surface area contributed by atoms with Crippen LogP contribution in [0.1, 0.15) is 25.0 Å². The van der Waals surface area contributed by atoms with Gasteiger partial charge in [0.05, 0.1) is 6.20 Å². The topological polar surface area (TPSA) is 86.9 Å². The van der Waals surface area contributed by atoms with Gasteiger partial charge >= 0.3 is 0 Å². The molecule has 0 bridgehead atoms. The van der Waals surface area contributed by atoms with Crippen LogP contribution in [0.3, 0.4) is 0 Å². The molecule has 2 fully saturated rings. The van der Waals surface area contributed by atoms with E-state index in [1.165, 1.54) is 23.3 Å². The molecule has 2 aliphatic rings. The van der Waals surface area contributed by atoms with Crippen LogP contribution in [0.15, 0.2) is 15.6 Å². The van der Waals surface area contributed by atoms with Crippen LogP contribution in [0.2, 0.25) is 0 Å². The molecule has 0 saturated carbocycles. The Bertz CT molecular complexity index is 624. The Morgan fingerprint density at radius 1 is 1.30 bits per heavy atom. The van der Waals surface area contributed by atoms with Gasteiger partial charge in [-0.15, -0.1) is 0 Å². The third-order valence-electron chi connectivity index (χ3n) is 4.89. The molecule has 7 nitrogen and oxygen atoms in total. The first kappa shape index (κ1) is 16.9. The molecule has 1 aromatic heterocycles. The maximum atomic E-state index is 12.8. The number of likely N-dealkylation sites (tertiary alicyclic amines) is 1. The summed E-state index contributed by atoms with van der Waals surface area (Å²) in [6.07, 6.45) is 4.58. The Morgan fingerprint density at radius 2 is 2.00 bits per heavy atom. The molecule has 1 N–H and O–H groups in total. The lowest BCUT2D eigenvalue weighted by Crippen LogP contribution is -2.47. The molecule has 8 heteroatoms. The average Bonchev–Trinajstić information content (AvgIpc) is 3.18. The van der Waals surface area contributed by atoms with E-state index in [2.05, 4.69) is 10.1 Å². The summed E-state index contributed by atoms with van der Waals surface area (Å²) < 4.78 is 32.1. The summed E-state index contributed by atoms with van der Waals surface area (Å²) in [6, 6.07) is 0. The standard InChI is InChI=1S/C15H25N3O4S/c1-12-15(7-16-22-12)23(20,21)18-9-13(6-14(10-18)11-19)8-17-4-2-3-5-17/h7,13-14,19H,2-6,8-11H2,1H3/t13-,14-/m0/s1. The lowest BCUT2D eigenvalue weighted by atomic mass is 9.90. The number of aliphatic hydroxyl groups is 1. The molecular formula is C15H25N3O4S. The summed E-state index contributed by atoms with van der Waals surface area (Å²) in [6.45, 7) is 5.58. The van der Waals surface area contributed by atoms with E-state index in [1.54, 1.807) is 6.92 Å². The lowest BCUT2D eigenvalue weighted by molar-refractivity contribution is 0.112. The van der Waals surface area contributed by atoms with E-state index in [1.807, 2.05) is 0 Å². The molecule has 1 aromatic rings. The number of rotatable bonds is 5. The Kier molecular flexibility index (Phi) is 5.05. The fraction of sp³-hybridized carbons (Fsp3) is 0.800. The molecule has 3 heterocycles. The highest BCUT2D eigenvalue weighted by molar-refractivity contribution is 7.89. The molecule has 2 saturated heterocycles. The molecule has 2 atom stereocenters. The van der Waals surface area contributed by atoms with Crippen molar-refractivity contribution in [2.75, 3.05) is 39.3 Å². The van der Waals surface area contributed by atoms with Crippen LogP contribution in [0.25, 0.3) is 0 Å². The van der Waals surface area contributed by atoms with Crippen molar-refractivity contribution in [2.45, 2.75) is 31.1 Å². The lowest BCUT2D eigenvalue weighted by Gasteiger charge is -2.37. The van der Waals surface area contributed by atoms with Crippen LogP contribution in [0.4, 0.5) is 0 Å². The molecule has 0 unspecified atom stereocenters. The number of aliphatic hydroxyl groups excluding tert-OH is 1. The first-order valence-corrected chi connectivity index (χ1v) is 9.69. The van der Waals surface area contributed by atoms with Gasteiger partial charge in [0.2, 0.25) is 10.0 Å². The van der Waals surface area contributed by atoms with E-state index in [0.29, 0.717) is 18.8 Å². The van der Waals surface area contributed by atoms with Crippen molar-refractivity contribution in [2.24, 2.45) is 11.8 Å². The van der Waals surface area contributed by atoms with E-state index < -0.39 is 10.0 Å². The van der Waals surface area contributed by atoms with Gasteiger partial charge in [-0.05, 0) is 51.1 Å². The Hall–Kier alpha value is -0.960. The summed E-state index contributed by atoms with van der Waals surface area (Å²) >= 11 is 0. The van der Waals surface area contributed by atoms with Crippen molar-refractivity contribution in [1.82, 2.24) is 14.4 Å². The van der Waals surface area contributed by atoms with Crippen LogP contribution >= 0.6 is 0 Å². The minimum Gasteiger partial charge on any atom is -0.396 e. The summed E-state index contributed by atoms with van der Waals surface area (Å²) in [5.74, 6) is 0.562. The van der Waals surface area contributed by atoms with Crippen LogP contribution < -0.4 is 0 Å². The minimum absolute atomic E-state index is 0.00806. The van der Waals surface area contributed by atoms with Gasteiger partial charge in [-0.2, -0.15) is 4.31 Å². The van der Waals surface area contributed by atoms with Gasteiger partial charge in [-0.1, -0.05) is 5.16 Å². The highest BCUT2D eigenvalue weighted by Crippen LogP contribution is 2.29. The van der Waals surface area contributed by atoms with Gasteiger partial charge in [-0.25, -0.2) is 8.42 Å². The zero-order chi connectivity index (χ0) is 16.4. The highest BCUT2D eigenvalue weighted by atomic mass is 32.2. The number of hydrogen-bond donors (Lipinski definition) is 1. The van der Waals surface area contributed by atoms with Crippen molar-refractivity contribution >= 4 is 10.0 Å². The zero-order valence-corrected chi connectivity index (χ0v) is 14.3. The predicted molar refractivity (Wildman–Crippen MR) is 84.4 cm³/mol. The van der Waals surface area contributed by atoms with Gasteiger partial charge in [0.1, 0.15) is 4.90 Å². The summed E-state index contributed by atoms with van der Waals surface area (Å²) in [4.78, 5) is 2.54. The fourth-order valence-corrected chi connectivity index (χ4v) is 5.41. The Balaban J connectivity index is 1.76. The van der Waals surface area contributed by atoms with Crippen molar-refractivity contribution in [1.29, 1.82) is 0 Å². The molecular weight excluding hydrogens is 318 g/mol. The molecule has 0 spiro atoms. The molecule has 0 aliphatic carbocycles. The molecule has 3 rings (SSSR count). The second-order valence-corrected chi connectivity index (χ2v) is 8.63. The third kappa shape index (κ3) is 3.60. The maximum absolute atomic E-state index is 12.8. The zero-order valence-electron chi connectivity index (χ0n) is 13.5. The van der Waals surface area contributed by atoms with Crippen molar-refractivity contribution in [3.8, 4) is 0 Å². The first-order valence-electron chi connectivity index (χ1n) is 8.25. The van der Waals surface area contributed by atoms with E-state index >= 15 is 0 Å². The fourth-order valence-electron chi connectivity index (χ4n) is 3.74. The van der Waals surface area contributed by atoms with Crippen molar-refractivity contribution in [3.63, 3.8) is 0 Å². The third-order valence-corrected chi connectivity index (χ3v) is 6.81. The van der Waals surface area contributed by atoms with Crippen LogP contribution in [-0.2, 0) is 10.0 Å². The van der Waals surface area contributed by atoms with E-state index in [4.69, 9.17) is 4.52 Å². The number of hydrogen-bond acceptors (Lipinski definition) is 6. The number of sulfonamides is 1. The quantitative estimate of drug-likeness (QED) is 0.847. The van der Waals surface area contributed by atoms with Gasteiger partial charge in [-0.3, -0.25) is 0 Å². The number of aromatic nitrogens is 1. The summed E-state index contributed by atoms with van der Waals surface area (Å²) in [7, 11) is -3.61. The average molecular weight is 343 g/mol. The summed E-state index contributed by atoms with van der Waals surface area (Å²) in [5, 5.41) is 13.2. The molecule has 2 aliphatic heterocycles. The summed E-state index contributed by atoms with van der Waals surface area (Å²) in [5.41, 5.74) is 0. The number of aryl methyl sites for hydroxylation is 1. The monoisotopic (exact) mass is 343 g/mol. The number of nitrogens with zero attached hydrogens (tertiary/aromatic N) is 3. The molecule has 0 aromatic carbocycles. The second kappa shape index (κ2) is 6.88. The van der Waals surface area contributed by atoms with Gasteiger partial charge < -0.3 is 14.5 Å². The predicted octanol–water partition coefficient (Wildman–Crippen LogP) is 0.698. The first-order chi connectivity index (χ1) is 11.0. The Morgan fingerprint density at radius 3 is 2.61 bits per heavy atom. The van der Waals surface area contributed by atoms with Crippen molar-refractivity contribution < 1.29 is 18.0 Å². The molecule has 0 radical (unpaired) electrons. The molecule has 0 amide bonds. The SMILES string of the molecule is Cc1oncc1S(=O)(=O)N1C[C@@H](CO)C[C@@H](CN2CCCC2)C1. The largest absolute Gasteiger partial charge is 0.396 e. The van der Waals surface area contributed by atoms with Crippen LogP contribution in [0.5, 0.6) is 0 Å². The van der Waals surface area contributed by atoms with E-state index in [9.17, 15) is 13.5 Å². The number of piperidine rings is 1. The normalized spacial score (nSPS) is 27.6. The Labute approximate surface area is 137 Å². The minimum atomic E-state index is -3.61. The molecule has 130 valence electrons. The van der Waals surface area contributed by atoms with E-state index in [-0.39, 0.29) is 23.3 Å².